The van der Waals surface area contributed by atoms with Crippen LogP contribution in [-0.4, -0.2) is 35.6 Å². The highest BCUT2D eigenvalue weighted by Gasteiger charge is 2.22. The number of nitrogens with one attached hydrogen (secondary N) is 3. The Labute approximate surface area is 143 Å². The summed E-state index contributed by atoms with van der Waals surface area (Å²) in [6.07, 6.45) is 0.262. The van der Waals surface area contributed by atoms with Crippen LogP contribution in [0, 0.1) is 0 Å². The van der Waals surface area contributed by atoms with Gasteiger partial charge in [0.2, 0.25) is 0 Å². The third-order valence-corrected chi connectivity index (χ3v) is 3.99. The molecule has 0 aliphatic heterocycles. The number of hydrogen-bond acceptors (Lipinski definition) is 3. The molecule has 0 aromatic heterocycles. The first-order chi connectivity index (χ1) is 10.7. The molecule has 126 valence electrons. The van der Waals surface area contributed by atoms with E-state index in [0.717, 1.165) is 0 Å². The van der Waals surface area contributed by atoms with Crippen LogP contribution < -0.4 is 16.0 Å². The molecular formula is C15H20BrN3O4. The van der Waals surface area contributed by atoms with Gasteiger partial charge in [-0.15, -0.1) is 0 Å². The van der Waals surface area contributed by atoms with Crippen LogP contribution in [0.5, 0.6) is 0 Å². The number of benzene rings is 1. The second-order valence-electron chi connectivity index (χ2n) is 5.60. The molecule has 0 heterocycles. The number of urea groups is 1. The number of amides is 3. The molecule has 0 aliphatic rings. The topological polar surface area (TPSA) is 108 Å². The standard InChI is InChI=1S/C15H20BrN3O4/c1-15(2,8-7-11(20)21)19-14(23)18-10-6-4-5-9(12(10)16)13(22)17-3/h4-6H,7-8H2,1-3H3,(H,17,22)(H,20,21)(H2,18,19,23). The summed E-state index contributed by atoms with van der Waals surface area (Å²) in [6, 6.07) is 4.46. The fraction of sp³-hybridized carbons (Fsp3) is 0.400. The van der Waals surface area contributed by atoms with E-state index < -0.39 is 17.5 Å². The Bertz CT molecular complexity index is 617. The van der Waals surface area contributed by atoms with Crippen LogP contribution in [0.15, 0.2) is 22.7 Å². The van der Waals surface area contributed by atoms with Crippen LogP contribution >= 0.6 is 15.9 Å². The van der Waals surface area contributed by atoms with Gasteiger partial charge in [0, 0.05) is 19.0 Å². The molecule has 4 N–H and O–H groups in total. The van der Waals surface area contributed by atoms with Gasteiger partial charge in [-0.05, 0) is 48.3 Å². The highest BCUT2D eigenvalue weighted by atomic mass is 79.9. The van der Waals surface area contributed by atoms with Crippen LogP contribution in [-0.2, 0) is 4.79 Å². The Kier molecular flexibility index (Phi) is 6.56. The molecule has 3 amide bonds. The smallest absolute Gasteiger partial charge is 0.319 e. The quantitative estimate of drug-likeness (QED) is 0.603. The maximum atomic E-state index is 12.1. The summed E-state index contributed by atoms with van der Waals surface area (Å²) < 4.78 is 0.470. The first kappa shape index (κ1) is 19.0. The summed E-state index contributed by atoms with van der Waals surface area (Å²) in [5.41, 5.74) is 0.168. The van der Waals surface area contributed by atoms with Gasteiger partial charge in [0.05, 0.1) is 15.7 Å². The molecule has 0 atom stereocenters. The Morgan fingerprint density at radius 1 is 1.26 bits per heavy atom. The molecule has 7 nitrogen and oxygen atoms in total. The minimum absolute atomic E-state index is 0.0386. The highest BCUT2D eigenvalue weighted by Crippen LogP contribution is 2.26. The zero-order valence-corrected chi connectivity index (χ0v) is 14.8. The van der Waals surface area contributed by atoms with Gasteiger partial charge in [0.25, 0.3) is 5.91 Å². The highest BCUT2D eigenvalue weighted by molar-refractivity contribution is 9.10. The van der Waals surface area contributed by atoms with Gasteiger partial charge in [-0.2, -0.15) is 0 Å². The van der Waals surface area contributed by atoms with Crippen LogP contribution in [0.1, 0.15) is 37.0 Å². The monoisotopic (exact) mass is 385 g/mol. The SMILES string of the molecule is CNC(=O)c1cccc(NC(=O)NC(C)(C)CCC(=O)O)c1Br. The van der Waals surface area contributed by atoms with E-state index in [-0.39, 0.29) is 12.3 Å². The van der Waals surface area contributed by atoms with Crippen LogP contribution in [0.2, 0.25) is 0 Å². The molecule has 0 fully saturated rings. The van der Waals surface area contributed by atoms with Crippen molar-refractivity contribution in [3.05, 3.63) is 28.2 Å². The molecule has 0 bridgehead atoms. The number of aliphatic carboxylic acids is 1. The summed E-state index contributed by atoms with van der Waals surface area (Å²) in [4.78, 5) is 34.4. The van der Waals surface area contributed by atoms with Crippen molar-refractivity contribution >= 4 is 39.5 Å². The van der Waals surface area contributed by atoms with Gasteiger partial charge in [0.15, 0.2) is 0 Å². The van der Waals surface area contributed by atoms with Crippen molar-refractivity contribution in [1.82, 2.24) is 10.6 Å². The first-order valence-electron chi connectivity index (χ1n) is 6.98. The predicted molar refractivity (Wildman–Crippen MR) is 90.6 cm³/mol. The Hall–Kier alpha value is -2.09. The fourth-order valence-electron chi connectivity index (χ4n) is 1.88. The van der Waals surface area contributed by atoms with Crippen LogP contribution in [0.25, 0.3) is 0 Å². The average Bonchev–Trinajstić information content (AvgIpc) is 2.46. The number of carbonyl (C=O) groups is 3. The fourth-order valence-corrected chi connectivity index (χ4v) is 2.42. The van der Waals surface area contributed by atoms with Gasteiger partial charge in [0.1, 0.15) is 0 Å². The van der Waals surface area contributed by atoms with Crippen molar-refractivity contribution in [3.8, 4) is 0 Å². The molecule has 0 spiro atoms. The molecule has 0 aliphatic carbocycles. The van der Waals surface area contributed by atoms with Gasteiger partial charge < -0.3 is 21.1 Å². The van der Waals surface area contributed by atoms with Gasteiger partial charge >= 0.3 is 12.0 Å². The second-order valence-corrected chi connectivity index (χ2v) is 6.40. The van der Waals surface area contributed by atoms with Crippen LogP contribution in [0.4, 0.5) is 10.5 Å². The molecule has 0 saturated heterocycles. The van der Waals surface area contributed by atoms with E-state index in [4.69, 9.17) is 5.11 Å². The summed E-state index contributed by atoms with van der Waals surface area (Å²) in [5.74, 6) is -1.19. The number of rotatable bonds is 6. The maximum absolute atomic E-state index is 12.1. The molecule has 1 aromatic carbocycles. The van der Waals surface area contributed by atoms with Gasteiger partial charge in [-0.1, -0.05) is 6.07 Å². The van der Waals surface area contributed by atoms with Crippen molar-refractivity contribution in [3.63, 3.8) is 0 Å². The van der Waals surface area contributed by atoms with E-state index >= 15 is 0 Å². The summed E-state index contributed by atoms with van der Waals surface area (Å²) in [7, 11) is 1.52. The van der Waals surface area contributed by atoms with Crippen molar-refractivity contribution in [2.24, 2.45) is 0 Å². The lowest BCUT2D eigenvalue weighted by Gasteiger charge is -2.26. The molecule has 1 aromatic rings. The minimum atomic E-state index is -0.915. The number of carboxylic acids is 1. The van der Waals surface area contributed by atoms with Gasteiger partial charge in [-0.25, -0.2) is 4.79 Å². The zero-order valence-electron chi connectivity index (χ0n) is 13.2. The van der Waals surface area contributed by atoms with Crippen LogP contribution in [0.3, 0.4) is 0 Å². The number of hydrogen-bond donors (Lipinski definition) is 4. The zero-order chi connectivity index (χ0) is 17.6. The van der Waals surface area contributed by atoms with E-state index in [1.807, 2.05) is 0 Å². The molecule has 0 radical (unpaired) electrons. The number of halogens is 1. The van der Waals surface area contributed by atoms with Crippen molar-refractivity contribution in [2.45, 2.75) is 32.2 Å². The molecule has 0 saturated carbocycles. The molecular weight excluding hydrogens is 366 g/mol. The maximum Gasteiger partial charge on any atom is 0.319 e. The molecule has 0 unspecified atom stereocenters. The summed E-state index contributed by atoms with van der Waals surface area (Å²) in [6.45, 7) is 3.48. The third-order valence-electron chi connectivity index (χ3n) is 3.13. The number of carboxylic acid groups (broad SMARTS) is 1. The van der Waals surface area contributed by atoms with E-state index in [2.05, 4.69) is 31.9 Å². The predicted octanol–water partition coefficient (Wildman–Crippen LogP) is 2.57. The van der Waals surface area contributed by atoms with E-state index in [1.54, 1.807) is 32.0 Å². The van der Waals surface area contributed by atoms with Gasteiger partial charge in [-0.3, -0.25) is 9.59 Å². The minimum Gasteiger partial charge on any atom is -0.481 e. The second kappa shape index (κ2) is 7.96. The lowest BCUT2D eigenvalue weighted by molar-refractivity contribution is -0.137. The molecule has 1 rings (SSSR count). The largest absolute Gasteiger partial charge is 0.481 e. The number of anilines is 1. The first-order valence-corrected chi connectivity index (χ1v) is 7.77. The Morgan fingerprint density at radius 2 is 1.91 bits per heavy atom. The molecule has 8 heteroatoms. The van der Waals surface area contributed by atoms with Crippen molar-refractivity contribution in [1.29, 1.82) is 0 Å². The lowest BCUT2D eigenvalue weighted by Crippen LogP contribution is -2.45. The van der Waals surface area contributed by atoms with E-state index in [1.165, 1.54) is 7.05 Å². The van der Waals surface area contributed by atoms with E-state index in [9.17, 15) is 14.4 Å². The van der Waals surface area contributed by atoms with Crippen molar-refractivity contribution in [2.75, 3.05) is 12.4 Å². The summed E-state index contributed by atoms with van der Waals surface area (Å²) in [5, 5.41) is 16.6. The number of carbonyl (C=O) groups excluding carboxylic acids is 2. The van der Waals surface area contributed by atoms with E-state index in [0.29, 0.717) is 22.1 Å². The summed E-state index contributed by atoms with van der Waals surface area (Å²) >= 11 is 3.30. The normalized spacial score (nSPS) is 10.8. The average molecular weight is 386 g/mol. The lowest BCUT2D eigenvalue weighted by atomic mass is 9.99. The third kappa shape index (κ3) is 5.90. The van der Waals surface area contributed by atoms with Crippen molar-refractivity contribution < 1.29 is 19.5 Å². The Balaban J connectivity index is 2.78. The molecule has 23 heavy (non-hydrogen) atoms. The Morgan fingerprint density at radius 3 is 2.48 bits per heavy atom.